The van der Waals surface area contributed by atoms with E-state index >= 15 is 0 Å². The maximum atomic E-state index is 5.16. The van der Waals surface area contributed by atoms with Gasteiger partial charge in [0.1, 0.15) is 0 Å². The summed E-state index contributed by atoms with van der Waals surface area (Å²) in [5, 5.41) is 5.85. The Kier molecular flexibility index (Phi) is 6.27. The molecule has 0 unspecified atom stereocenters. The zero-order valence-corrected chi connectivity index (χ0v) is 14.7. The Labute approximate surface area is 134 Å². The quantitative estimate of drug-likeness (QED) is 0.638. The molecule has 2 rings (SSSR count). The van der Waals surface area contributed by atoms with E-state index in [1.54, 1.807) is 12.0 Å². The highest BCUT2D eigenvalue weighted by atomic mass is 32.1. The van der Waals surface area contributed by atoms with Crippen LogP contribution in [-0.4, -0.2) is 26.8 Å². The van der Waals surface area contributed by atoms with E-state index in [-0.39, 0.29) is 0 Å². The van der Waals surface area contributed by atoms with Gasteiger partial charge in [-0.15, -0.1) is 11.3 Å². The summed E-state index contributed by atoms with van der Waals surface area (Å²) in [6, 6.07) is 4.54. The third-order valence-electron chi connectivity index (χ3n) is 4.98. The summed E-state index contributed by atoms with van der Waals surface area (Å²) in [6.45, 7) is 7.53. The van der Waals surface area contributed by atoms with E-state index in [0.29, 0.717) is 10.8 Å². The first-order valence-electron chi connectivity index (χ1n) is 8.44. The molecule has 0 amide bonds. The van der Waals surface area contributed by atoms with Gasteiger partial charge in [-0.05, 0) is 42.5 Å². The zero-order valence-electron chi connectivity index (χ0n) is 13.9. The number of hydrogen-bond acceptors (Lipinski definition) is 3. The summed E-state index contributed by atoms with van der Waals surface area (Å²) >= 11 is 1.94. The monoisotopic (exact) mass is 309 g/mol. The molecule has 0 aromatic carbocycles. The Balaban J connectivity index is 2.03. The van der Waals surface area contributed by atoms with Crippen molar-refractivity contribution in [2.45, 2.75) is 57.8 Å². The minimum Gasteiger partial charge on any atom is -0.383 e. The maximum absolute atomic E-state index is 5.16. The average Bonchev–Trinajstić information content (AvgIpc) is 2.96. The van der Waals surface area contributed by atoms with Crippen molar-refractivity contribution in [2.75, 3.05) is 26.8 Å². The molecule has 1 fully saturated rings. The predicted octanol–water partition coefficient (Wildman–Crippen LogP) is 4.60. The molecule has 0 atom stereocenters. The lowest BCUT2D eigenvalue weighted by Crippen LogP contribution is -2.54. The second kappa shape index (κ2) is 7.75. The first-order valence-corrected chi connectivity index (χ1v) is 9.32. The van der Waals surface area contributed by atoms with Gasteiger partial charge >= 0.3 is 0 Å². The van der Waals surface area contributed by atoms with Gasteiger partial charge in [0, 0.05) is 30.5 Å². The third-order valence-corrected chi connectivity index (χ3v) is 6.09. The number of hydrogen-bond donors (Lipinski definition) is 1. The average molecular weight is 310 g/mol. The molecule has 0 radical (unpaired) electrons. The van der Waals surface area contributed by atoms with Crippen LogP contribution in [0.15, 0.2) is 17.5 Å². The van der Waals surface area contributed by atoms with Gasteiger partial charge in [-0.3, -0.25) is 0 Å². The zero-order chi connectivity index (χ0) is 15.2. The van der Waals surface area contributed by atoms with Crippen LogP contribution in [0.25, 0.3) is 0 Å². The fourth-order valence-corrected chi connectivity index (χ4v) is 5.32. The standard InChI is InChI=1S/C18H31NOS/c1-4-8-17(9-5-2)13-18(14-17,15-19-10-11-20-3)16-7-6-12-21-16/h6-7,12,19H,4-5,8-11,13-15H2,1-3H3. The van der Waals surface area contributed by atoms with E-state index in [1.807, 2.05) is 11.3 Å². The topological polar surface area (TPSA) is 21.3 Å². The smallest absolute Gasteiger partial charge is 0.0587 e. The number of rotatable bonds is 10. The molecule has 2 nitrogen and oxygen atoms in total. The Morgan fingerprint density at radius 3 is 2.48 bits per heavy atom. The van der Waals surface area contributed by atoms with Crippen LogP contribution >= 0.6 is 11.3 Å². The largest absolute Gasteiger partial charge is 0.383 e. The molecule has 1 aliphatic rings. The number of ether oxygens (including phenoxy) is 1. The summed E-state index contributed by atoms with van der Waals surface area (Å²) in [5.41, 5.74) is 0.989. The summed E-state index contributed by atoms with van der Waals surface area (Å²) in [7, 11) is 1.77. The van der Waals surface area contributed by atoms with Crippen LogP contribution < -0.4 is 5.32 Å². The van der Waals surface area contributed by atoms with Crippen molar-refractivity contribution in [1.82, 2.24) is 5.32 Å². The number of thiophene rings is 1. The van der Waals surface area contributed by atoms with Crippen molar-refractivity contribution >= 4 is 11.3 Å². The fraction of sp³-hybridized carbons (Fsp3) is 0.778. The van der Waals surface area contributed by atoms with E-state index in [2.05, 4.69) is 36.7 Å². The van der Waals surface area contributed by atoms with E-state index in [1.165, 1.54) is 38.5 Å². The second-order valence-electron chi connectivity index (χ2n) is 6.78. The molecule has 120 valence electrons. The molecule has 1 N–H and O–H groups in total. The first-order chi connectivity index (χ1) is 10.2. The van der Waals surface area contributed by atoms with Gasteiger partial charge in [0.15, 0.2) is 0 Å². The molecule has 21 heavy (non-hydrogen) atoms. The van der Waals surface area contributed by atoms with Crippen molar-refractivity contribution in [1.29, 1.82) is 0 Å². The van der Waals surface area contributed by atoms with Crippen LogP contribution in [0.5, 0.6) is 0 Å². The molecule has 1 saturated carbocycles. The third kappa shape index (κ3) is 3.88. The predicted molar refractivity (Wildman–Crippen MR) is 92.2 cm³/mol. The second-order valence-corrected chi connectivity index (χ2v) is 7.73. The molecule has 1 heterocycles. The van der Waals surface area contributed by atoms with Crippen molar-refractivity contribution in [3.63, 3.8) is 0 Å². The lowest BCUT2D eigenvalue weighted by molar-refractivity contribution is 0.00433. The first kappa shape index (κ1) is 17.0. The van der Waals surface area contributed by atoms with Crippen molar-refractivity contribution in [2.24, 2.45) is 5.41 Å². The minimum atomic E-state index is 0.381. The van der Waals surface area contributed by atoms with E-state index in [9.17, 15) is 0 Å². The maximum Gasteiger partial charge on any atom is 0.0587 e. The summed E-state index contributed by atoms with van der Waals surface area (Å²) < 4.78 is 5.16. The highest BCUT2D eigenvalue weighted by Crippen LogP contribution is 2.60. The van der Waals surface area contributed by atoms with Crippen LogP contribution in [0.4, 0.5) is 0 Å². The van der Waals surface area contributed by atoms with Crippen LogP contribution in [0.1, 0.15) is 57.2 Å². The molecule has 0 aliphatic heterocycles. The molecular weight excluding hydrogens is 278 g/mol. The summed E-state index contributed by atoms with van der Waals surface area (Å²) in [6.07, 6.45) is 8.15. The Hall–Kier alpha value is -0.380. The normalized spacial score (nSPS) is 19.4. The van der Waals surface area contributed by atoms with Gasteiger partial charge in [0.2, 0.25) is 0 Å². The van der Waals surface area contributed by atoms with Gasteiger partial charge < -0.3 is 10.1 Å². The fourth-order valence-electron chi connectivity index (χ4n) is 4.39. The Morgan fingerprint density at radius 2 is 1.95 bits per heavy atom. The van der Waals surface area contributed by atoms with Crippen LogP contribution in [0.3, 0.4) is 0 Å². The summed E-state index contributed by atoms with van der Waals surface area (Å²) in [4.78, 5) is 1.58. The van der Waals surface area contributed by atoms with Gasteiger partial charge in [-0.25, -0.2) is 0 Å². The van der Waals surface area contributed by atoms with Gasteiger partial charge in [0.25, 0.3) is 0 Å². The minimum absolute atomic E-state index is 0.381. The molecule has 0 bridgehead atoms. The van der Waals surface area contributed by atoms with Gasteiger partial charge in [0.05, 0.1) is 6.61 Å². The lowest BCUT2D eigenvalue weighted by Gasteiger charge is -2.57. The van der Waals surface area contributed by atoms with Crippen LogP contribution in [0.2, 0.25) is 0 Å². The summed E-state index contributed by atoms with van der Waals surface area (Å²) in [5.74, 6) is 0. The molecular formula is C18H31NOS. The SMILES string of the molecule is CCCC1(CCC)CC(CNCCOC)(c2cccs2)C1. The van der Waals surface area contributed by atoms with Gasteiger partial charge in [-0.2, -0.15) is 0 Å². The van der Waals surface area contributed by atoms with E-state index in [0.717, 1.165) is 19.7 Å². The highest BCUT2D eigenvalue weighted by molar-refractivity contribution is 7.10. The van der Waals surface area contributed by atoms with Gasteiger partial charge in [-0.1, -0.05) is 32.8 Å². The lowest BCUT2D eigenvalue weighted by atomic mass is 9.49. The van der Waals surface area contributed by atoms with E-state index < -0.39 is 0 Å². The molecule has 0 saturated heterocycles. The van der Waals surface area contributed by atoms with Crippen molar-refractivity contribution < 1.29 is 4.74 Å². The van der Waals surface area contributed by atoms with E-state index in [4.69, 9.17) is 4.74 Å². The van der Waals surface area contributed by atoms with Crippen LogP contribution in [0, 0.1) is 5.41 Å². The Bertz CT molecular complexity index is 387. The highest BCUT2D eigenvalue weighted by Gasteiger charge is 2.54. The number of methoxy groups -OCH3 is 1. The number of nitrogens with one attached hydrogen (secondary N) is 1. The molecule has 0 spiro atoms. The van der Waals surface area contributed by atoms with Crippen molar-refractivity contribution in [3.05, 3.63) is 22.4 Å². The van der Waals surface area contributed by atoms with Crippen molar-refractivity contribution in [3.8, 4) is 0 Å². The molecule has 1 aromatic heterocycles. The molecule has 1 aliphatic carbocycles. The molecule has 1 aromatic rings. The van der Waals surface area contributed by atoms with Crippen LogP contribution in [-0.2, 0) is 10.2 Å². The Morgan fingerprint density at radius 1 is 1.24 bits per heavy atom. The molecule has 3 heteroatoms.